The fourth-order valence-corrected chi connectivity index (χ4v) is 2.08. The van der Waals surface area contributed by atoms with Gasteiger partial charge in [0.25, 0.3) is 0 Å². The molecular formula is C11H20N2O2. The van der Waals surface area contributed by atoms with Crippen molar-refractivity contribution in [2.24, 2.45) is 5.92 Å². The van der Waals surface area contributed by atoms with Crippen LogP contribution in [-0.2, 0) is 4.74 Å². The van der Waals surface area contributed by atoms with Gasteiger partial charge in [0.2, 0.25) is 0 Å². The normalized spacial score (nSPS) is 28.9. The summed E-state index contributed by atoms with van der Waals surface area (Å²) in [5.74, 6) is 0.267. The van der Waals surface area contributed by atoms with Crippen LogP contribution >= 0.6 is 0 Å². The maximum Gasteiger partial charge on any atom is 0.110 e. The minimum Gasteiger partial charge on any atom is -0.381 e. The van der Waals surface area contributed by atoms with Crippen LogP contribution in [0.25, 0.3) is 0 Å². The van der Waals surface area contributed by atoms with E-state index in [9.17, 15) is 5.11 Å². The van der Waals surface area contributed by atoms with Crippen LogP contribution < -0.4 is 5.32 Å². The summed E-state index contributed by atoms with van der Waals surface area (Å²) in [5.41, 5.74) is 1.10. The molecule has 2 unspecified atom stereocenters. The Labute approximate surface area is 90.9 Å². The molecule has 2 atom stereocenters. The van der Waals surface area contributed by atoms with Crippen LogP contribution in [0, 0.1) is 5.92 Å². The number of nitrogens with one attached hydrogen (secondary N) is 1. The molecule has 2 saturated heterocycles. The van der Waals surface area contributed by atoms with Gasteiger partial charge in [-0.05, 0) is 13.3 Å². The number of hydrogen-bond donors (Lipinski definition) is 2. The highest BCUT2D eigenvalue weighted by molar-refractivity contribution is 5.00. The highest BCUT2D eigenvalue weighted by Crippen LogP contribution is 2.18. The van der Waals surface area contributed by atoms with Crippen molar-refractivity contribution in [3.8, 4) is 0 Å². The molecule has 4 heteroatoms. The second-order valence-corrected chi connectivity index (χ2v) is 4.57. The molecule has 0 aromatic carbocycles. The monoisotopic (exact) mass is 212 g/mol. The summed E-state index contributed by atoms with van der Waals surface area (Å²) in [6.07, 6.45) is 0.551. The van der Waals surface area contributed by atoms with E-state index in [2.05, 4.69) is 16.8 Å². The molecule has 0 aromatic rings. The highest BCUT2D eigenvalue weighted by atomic mass is 16.5. The molecule has 15 heavy (non-hydrogen) atoms. The Morgan fingerprint density at radius 3 is 2.87 bits per heavy atom. The van der Waals surface area contributed by atoms with E-state index >= 15 is 0 Å². The predicted molar refractivity (Wildman–Crippen MR) is 58.2 cm³/mol. The maximum atomic E-state index is 9.88. The number of aliphatic hydroxyl groups is 1. The number of aliphatic hydroxyl groups excluding tert-OH is 1. The Kier molecular flexibility index (Phi) is 3.29. The van der Waals surface area contributed by atoms with Gasteiger partial charge in [-0.2, -0.15) is 0 Å². The van der Waals surface area contributed by atoms with E-state index in [4.69, 9.17) is 4.74 Å². The summed E-state index contributed by atoms with van der Waals surface area (Å²) in [5, 5.41) is 13.1. The molecule has 2 N–H and O–H groups in total. The van der Waals surface area contributed by atoms with Crippen molar-refractivity contribution in [2.45, 2.75) is 25.6 Å². The van der Waals surface area contributed by atoms with Gasteiger partial charge in [0.1, 0.15) is 6.23 Å². The van der Waals surface area contributed by atoms with Gasteiger partial charge in [-0.25, -0.2) is 0 Å². The van der Waals surface area contributed by atoms with Crippen LogP contribution in [0.3, 0.4) is 0 Å². The van der Waals surface area contributed by atoms with E-state index in [1.807, 2.05) is 6.92 Å². The summed E-state index contributed by atoms with van der Waals surface area (Å²) in [4.78, 5) is 2.20. The highest BCUT2D eigenvalue weighted by Gasteiger charge is 2.31. The molecule has 2 rings (SSSR count). The fourth-order valence-electron chi connectivity index (χ4n) is 2.08. The molecule has 0 aromatic heterocycles. The number of allylic oxidation sites excluding steroid dienone is 1. The van der Waals surface area contributed by atoms with Gasteiger partial charge in [0.05, 0.1) is 6.61 Å². The summed E-state index contributed by atoms with van der Waals surface area (Å²) >= 11 is 0. The van der Waals surface area contributed by atoms with E-state index < -0.39 is 6.23 Å². The van der Waals surface area contributed by atoms with Crippen LogP contribution in [0.15, 0.2) is 12.3 Å². The first-order valence-electron chi connectivity index (χ1n) is 5.59. The lowest BCUT2D eigenvalue weighted by Gasteiger charge is -2.43. The zero-order valence-electron chi connectivity index (χ0n) is 9.28. The van der Waals surface area contributed by atoms with Crippen molar-refractivity contribution in [1.29, 1.82) is 0 Å². The van der Waals surface area contributed by atoms with Crippen molar-refractivity contribution in [3.63, 3.8) is 0 Å². The van der Waals surface area contributed by atoms with Gasteiger partial charge in [0.15, 0.2) is 0 Å². The van der Waals surface area contributed by atoms with Crippen molar-refractivity contribution in [1.82, 2.24) is 10.2 Å². The van der Waals surface area contributed by atoms with Crippen molar-refractivity contribution in [2.75, 3.05) is 26.3 Å². The average Bonchev–Trinajstić information content (AvgIpc) is 2.61. The third kappa shape index (κ3) is 2.51. The third-order valence-corrected chi connectivity index (χ3v) is 3.24. The molecule has 0 spiro atoms. The first kappa shape index (κ1) is 10.9. The standard InChI is InChI=1S/C11H20N2O2/c1-8(2)13-5-10(6-13)12-11(14)9-3-4-15-7-9/h9-12,14H,1,3-7H2,2H3. The number of rotatable bonds is 4. The second kappa shape index (κ2) is 4.51. The Balaban J connectivity index is 1.68. The Morgan fingerprint density at radius 2 is 2.33 bits per heavy atom. The molecular weight excluding hydrogens is 192 g/mol. The SMILES string of the molecule is C=C(C)N1CC(NC(O)C2CCOC2)C1. The minimum atomic E-state index is -0.412. The van der Waals surface area contributed by atoms with E-state index in [1.165, 1.54) is 0 Å². The molecule has 86 valence electrons. The number of likely N-dealkylation sites (tertiary alicyclic amines) is 1. The van der Waals surface area contributed by atoms with Crippen LogP contribution in [-0.4, -0.2) is 48.6 Å². The molecule has 2 aliphatic rings. The van der Waals surface area contributed by atoms with Crippen LogP contribution in [0.2, 0.25) is 0 Å². The van der Waals surface area contributed by atoms with Gasteiger partial charge < -0.3 is 14.7 Å². The average molecular weight is 212 g/mol. The Morgan fingerprint density at radius 1 is 1.60 bits per heavy atom. The van der Waals surface area contributed by atoms with Gasteiger partial charge in [0, 0.05) is 37.4 Å². The smallest absolute Gasteiger partial charge is 0.110 e. The number of hydrogen-bond acceptors (Lipinski definition) is 4. The molecule has 2 aliphatic heterocycles. The molecule has 0 amide bonds. The van der Waals surface area contributed by atoms with Gasteiger partial charge >= 0.3 is 0 Å². The first-order chi connectivity index (χ1) is 7.16. The summed E-state index contributed by atoms with van der Waals surface area (Å²) in [6.45, 7) is 9.28. The van der Waals surface area contributed by atoms with E-state index in [-0.39, 0.29) is 5.92 Å². The van der Waals surface area contributed by atoms with Crippen molar-refractivity contribution in [3.05, 3.63) is 12.3 Å². The summed E-state index contributed by atoms with van der Waals surface area (Å²) in [7, 11) is 0. The Bertz CT molecular complexity index is 233. The summed E-state index contributed by atoms with van der Waals surface area (Å²) < 4.78 is 5.25. The largest absolute Gasteiger partial charge is 0.381 e. The minimum absolute atomic E-state index is 0.267. The van der Waals surface area contributed by atoms with Crippen LogP contribution in [0.5, 0.6) is 0 Å². The lowest BCUT2D eigenvalue weighted by Crippen LogP contribution is -2.60. The first-order valence-corrected chi connectivity index (χ1v) is 5.59. The van der Waals surface area contributed by atoms with Gasteiger partial charge in [-0.1, -0.05) is 6.58 Å². The molecule has 0 radical (unpaired) electrons. The predicted octanol–water partition coefficient (Wildman–Crippen LogP) is 0.149. The van der Waals surface area contributed by atoms with Gasteiger partial charge in [-0.3, -0.25) is 5.32 Å². The second-order valence-electron chi connectivity index (χ2n) is 4.57. The quantitative estimate of drug-likeness (QED) is 0.651. The molecule has 2 heterocycles. The molecule has 0 aliphatic carbocycles. The third-order valence-electron chi connectivity index (χ3n) is 3.24. The van der Waals surface area contributed by atoms with Crippen LogP contribution in [0.1, 0.15) is 13.3 Å². The van der Waals surface area contributed by atoms with Crippen molar-refractivity contribution >= 4 is 0 Å². The molecule has 4 nitrogen and oxygen atoms in total. The van der Waals surface area contributed by atoms with Crippen molar-refractivity contribution < 1.29 is 9.84 Å². The van der Waals surface area contributed by atoms with E-state index in [0.717, 1.165) is 31.8 Å². The molecule has 2 fully saturated rings. The zero-order chi connectivity index (χ0) is 10.8. The van der Waals surface area contributed by atoms with E-state index in [0.29, 0.717) is 12.6 Å². The number of ether oxygens (including phenoxy) is 1. The lowest BCUT2D eigenvalue weighted by atomic mass is 10.0. The maximum absolute atomic E-state index is 9.88. The molecule has 0 bridgehead atoms. The van der Waals surface area contributed by atoms with E-state index in [1.54, 1.807) is 0 Å². The Hall–Kier alpha value is -0.580. The number of nitrogens with zero attached hydrogens (tertiary/aromatic N) is 1. The topological polar surface area (TPSA) is 44.7 Å². The van der Waals surface area contributed by atoms with Gasteiger partial charge in [-0.15, -0.1) is 0 Å². The zero-order valence-corrected chi connectivity index (χ0v) is 9.28. The summed E-state index contributed by atoms with van der Waals surface area (Å²) in [6, 6.07) is 0.400. The lowest BCUT2D eigenvalue weighted by molar-refractivity contribution is 0.0281. The molecule has 0 saturated carbocycles. The van der Waals surface area contributed by atoms with Crippen LogP contribution in [0.4, 0.5) is 0 Å². The fraction of sp³-hybridized carbons (Fsp3) is 0.818.